The van der Waals surface area contributed by atoms with Gasteiger partial charge in [0.2, 0.25) is 0 Å². The molecule has 19 heavy (non-hydrogen) atoms. The second kappa shape index (κ2) is 7.41. The van der Waals surface area contributed by atoms with Gasteiger partial charge in [0.15, 0.2) is 0 Å². The smallest absolute Gasteiger partial charge is 0.142 e. The van der Waals surface area contributed by atoms with Crippen LogP contribution in [0.4, 0.5) is 4.39 Å². The summed E-state index contributed by atoms with van der Waals surface area (Å²) in [6.45, 7) is 2.91. The maximum Gasteiger partial charge on any atom is 0.142 e. The predicted octanol–water partition coefficient (Wildman–Crippen LogP) is 4.63. The van der Waals surface area contributed by atoms with E-state index in [1.807, 2.05) is 30.4 Å². The molecule has 2 rings (SSSR count). The molecular weight excluding hydrogens is 324 g/mol. The Morgan fingerprint density at radius 3 is 2.84 bits per heavy atom. The first-order valence-electron chi connectivity index (χ1n) is 6.15. The minimum atomic E-state index is -0.419. The molecule has 1 saturated heterocycles. The monoisotopic (exact) mass is 339 g/mol. The molecule has 1 heterocycles. The van der Waals surface area contributed by atoms with E-state index in [1.165, 1.54) is 29.4 Å². The van der Waals surface area contributed by atoms with Crippen LogP contribution < -0.4 is 5.32 Å². The van der Waals surface area contributed by atoms with Crippen LogP contribution in [0, 0.1) is 5.82 Å². The number of thioether (sulfide) groups is 2. The van der Waals surface area contributed by atoms with E-state index in [0.717, 1.165) is 12.1 Å². The van der Waals surface area contributed by atoms with Crippen molar-refractivity contribution in [3.05, 3.63) is 33.6 Å². The lowest BCUT2D eigenvalue weighted by Gasteiger charge is -2.24. The fourth-order valence-corrected chi connectivity index (χ4v) is 5.11. The van der Waals surface area contributed by atoms with Crippen molar-refractivity contribution in [2.45, 2.75) is 18.2 Å². The van der Waals surface area contributed by atoms with Crippen LogP contribution in [0.2, 0.25) is 10.0 Å². The van der Waals surface area contributed by atoms with Gasteiger partial charge in [-0.2, -0.15) is 23.5 Å². The lowest BCUT2D eigenvalue weighted by molar-refractivity contribution is 0.567. The topological polar surface area (TPSA) is 12.0 Å². The van der Waals surface area contributed by atoms with E-state index in [9.17, 15) is 4.39 Å². The summed E-state index contributed by atoms with van der Waals surface area (Å²) < 4.78 is 13.5. The van der Waals surface area contributed by atoms with Gasteiger partial charge in [0, 0.05) is 40.1 Å². The molecule has 1 fully saturated rings. The minimum Gasteiger partial charge on any atom is -0.309 e. The molecule has 6 heteroatoms. The standard InChI is InChI=1S/C13H16Cl2FNS2/c1-8(17-6-9-7-18-2-3-19-9)10-4-13(16)12(15)5-11(10)14/h4-5,8-9,17H,2-3,6-7H2,1H3. The van der Waals surface area contributed by atoms with Gasteiger partial charge in [-0.05, 0) is 24.6 Å². The van der Waals surface area contributed by atoms with Crippen molar-refractivity contribution in [2.24, 2.45) is 0 Å². The molecule has 0 amide bonds. The highest BCUT2D eigenvalue weighted by Gasteiger charge is 2.17. The number of benzene rings is 1. The molecule has 0 saturated carbocycles. The van der Waals surface area contributed by atoms with E-state index in [-0.39, 0.29) is 11.1 Å². The van der Waals surface area contributed by atoms with E-state index in [2.05, 4.69) is 5.32 Å². The number of halogens is 3. The lowest BCUT2D eigenvalue weighted by atomic mass is 10.1. The number of rotatable bonds is 4. The Balaban J connectivity index is 1.95. The average molecular weight is 340 g/mol. The van der Waals surface area contributed by atoms with Crippen LogP contribution in [-0.4, -0.2) is 29.1 Å². The summed E-state index contributed by atoms with van der Waals surface area (Å²) in [4.78, 5) is 0. The maximum atomic E-state index is 13.5. The molecule has 1 nitrogen and oxygen atoms in total. The fraction of sp³-hybridized carbons (Fsp3) is 0.538. The van der Waals surface area contributed by atoms with Gasteiger partial charge in [-0.1, -0.05) is 23.2 Å². The summed E-state index contributed by atoms with van der Waals surface area (Å²) in [6, 6.07) is 2.91. The summed E-state index contributed by atoms with van der Waals surface area (Å²) in [6.07, 6.45) is 0. The summed E-state index contributed by atoms with van der Waals surface area (Å²) in [5.41, 5.74) is 0.761. The van der Waals surface area contributed by atoms with Gasteiger partial charge in [0.05, 0.1) is 5.02 Å². The molecule has 0 aliphatic carbocycles. The van der Waals surface area contributed by atoms with Gasteiger partial charge >= 0.3 is 0 Å². The highest BCUT2D eigenvalue weighted by atomic mass is 35.5. The fourth-order valence-electron chi connectivity index (χ4n) is 1.94. The Morgan fingerprint density at radius 1 is 1.37 bits per heavy atom. The summed E-state index contributed by atoms with van der Waals surface area (Å²) in [7, 11) is 0. The average Bonchev–Trinajstić information content (AvgIpc) is 2.41. The summed E-state index contributed by atoms with van der Waals surface area (Å²) >= 11 is 15.8. The Hall–Kier alpha value is 0.390. The maximum absolute atomic E-state index is 13.5. The molecule has 1 aliphatic rings. The van der Waals surface area contributed by atoms with Crippen molar-refractivity contribution in [1.29, 1.82) is 0 Å². The zero-order chi connectivity index (χ0) is 13.8. The van der Waals surface area contributed by atoms with E-state index in [1.54, 1.807) is 0 Å². The number of hydrogen-bond acceptors (Lipinski definition) is 3. The van der Waals surface area contributed by atoms with E-state index < -0.39 is 5.82 Å². The Kier molecular flexibility index (Phi) is 6.15. The molecule has 1 aromatic carbocycles. The van der Waals surface area contributed by atoms with Gasteiger partial charge in [0.25, 0.3) is 0 Å². The molecule has 0 radical (unpaired) electrons. The zero-order valence-electron chi connectivity index (χ0n) is 10.6. The quantitative estimate of drug-likeness (QED) is 0.803. The number of nitrogens with one attached hydrogen (secondary N) is 1. The third kappa shape index (κ3) is 4.43. The third-order valence-electron chi connectivity index (χ3n) is 3.04. The largest absolute Gasteiger partial charge is 0.309 e. The van der Waals surface area contributed by atoms with Crippen LogP contribution in [0.25, 0.3) is 0 Å². The van der Waals surface area contributed by atoms with Gasteiger partial charge < -0.3 is 5.32 Å². The van der Waals surface area contributed by atoms with E-state index in [4.69, 9.17) is 23.2 Å². The predicted molar refractivity (Wildman–Crippen MR) is 86.4 cm³/mol. The van der Waals surface area contributed by atoms with Crippen molar-refractivity contribution in [3.63, 3.8) is 0 Å². The summed E-state index contributed by atoms with van der Waals surface area (Å²) in [5.74, 6) is 3.21. The zero-order valence-corrected chi connectivity index (χ0v) is 13.7. The SMILES string of the molecule is CC(NCC1CSCCS1)c1cc(F)c(Cl)cc1Cl. The number of hydrogen-bond donors (Lipinski definition) is 1. The molecule has 2 unspecified atom stereocenters. The van der Waals surface area contributed by atoms with Crippen LogP contribution in [0.1, 0.15) is 18.5 Å². The minimum absolute atomic E-state index is 0.0202. The molecule has 2 atom stereocenters. The molecule has 1 N–H and O–H groups in total. The first kappa shape index (κ1) is 15.8. The molecule has 106 valence electrons. The highest BCUT2D eigenvalue weighted by Crippen LogP contribution is 2.29. The lowest BCUT2D eigenvalue weighted by Crippen LogP contribution is -2.31. The molecule has 1 aromatic rings. The summed E-state index contributed by atoms with van der Waals surface area (Å²) in [5, 5.41) is 4.63. The molecule has 0 spiro atoms. The second-order valence-corrected chi connectivity index (χ2v) is 7.86. The van der Waals surface area contributed by atoms with Crippen molar-refractivity contribution >= 4 is 46.7 Å². The highest BCUT2D eigenvalue weighted by molar-refractivity contribution is 8.06. The van der Waals surface area contributed by atoms with Crippen molar-refractivity contribution in [1.82, 2.24) is 5.32 Å². The Labute approximate surface area is 132 Å². The normalized spacial score (nSPS) is 21.4. The van der Waals surface area contributed by atoms with Crippen molar-refractivity contribution in [3.8, 4) is 0 Å². The van der Waals surface area contributed by atoms with Gasteiger partial charge in [0.1, 0.15) is 5.82 Å². The molecular formula is C13H16Cl2FNS2. The molecule has 1 aliphatic heterocycles. The van der Waals surface area contributed by atoms with Crippen LogP contribution in [0.3, 0.4) is 0 Å². The van der Waals surface area contributed by atoms with Gasteiger partial charge in [-0.3, -0.25) is 0 Å². The van der Waals surface area contributed by atoms with Crippen LogP contribution >= 0.6 is 46.7 Å². The first-order chi connectivity index (χ1) is 9.08. The Morgan fingerprint density at radius 2 is 2.16 bits per heavy atom. The van der Waals surface area contributed by atoms with Crippen molar-refractivity contribution < 1.29 is 4.39 Å². The third-order valence-corrected chi connectivity index (χ3v) is 6.50. The molecule has 0 bridgehead atoms. The van der Waals surface area contributed by atoms with Crippen LogP contribution in [-0.2, 0) is 0 Å². The Bertz CT molecular complexity index is 439. The van der Waals surface area contributed by atoms with Crippen molar-refractivity contribution in [2.75, 3.05) is 23.8 Å². The van der Waals surface area contributed by atoms with E-state index in [0.29, 0.717) is 10.3 Å². The van der Waals surface area contributed by atoms with E-state index >= 15 is 0 Å². The first-order valence-corrected chi connectivity index (χ1v) is 9.11. The molecule has 0 aromatic heterocycles. The van der Waals surface area contributed by atoms with Crippen LogP contribution in [0.15, 0.2) is 12.1 Å². The van der Waals surface area contributed by atoms with Crippen LogP contribution in [0.5, 0.6) is 0 Å². The van der Waals surface area contributed by atoms with Gasteiger partial charge in [-0.25, -0.2) is 4.39 Å². The second-order valence-electron chi connectivity index (χ2n) is 4.49. The van der Waals surface area contributed by atoms with Gasteiger partial charge in [-0.15, -0.1) is 0 Å².